The number of benzene rings is 1. The van der Waals surface area contributed by atoms with Crippen molar-refractivity contribution in [3.05, 3.63) is 29.6 Å². The van der Waals surface area contributed by atoms with Gasteiger partial charge in [-0.3, -0.25) is 0 Å². The Labute approximate surface area is 119 Å². The first kappa shape index (κ1) is 14.6. The topological polar surface area (TPSA) is 29.5 Å². The highest BCUT2D eigenvalue weighted by Gasteiger charge is 2.51. The minimum Gasteiger partial charge on any atom is -0.487 e. The third-order valence-corrected chi connectivity index (χ3v) is 4.49. The van der Waals surface area contributed by atoms with Crippen LogP contribution in [0, 0.1) is 11.7 Å². The molecule has 1 heterocycles. The maximum Gasteiger partial charge on any atom is 0.391 e. The molecule has 6 heteroatoms. The Morgan fingerprint density at radius 1 is 1.24 bits per heavy atom. The zero-order valence-corrected chi connectivity index (χ0v) is 11.3. The molecule has 0 bridgehead atoms. The second-order valence-corrected chi connectivity index (χ2v) is 6.02. The first-order valence-corrected chi connectivity index (χ1v) is 7.02. The quantitative estimate of drug-likeness (QED) is 0.730. The molecule has 0 aromatic heterocycles. The summed E-state index contributed by atoms with van der Waals surface area (Å²) in [6.45, 7) is 0. The SMILES string of the molecule is OC1CC2(CCCC(C(F)(F)F)C2)Oc2cc(F)ccc21. The van der Waals surface area contributed by atoms with Gasteiger partial charge in [-0.25, -0.2) is 4.39 Å². The molecular weight excluding hydrogens is 288 g/mol. The number of ether oxygens (including phenoxy) is 1. The summed E-state index contributed by atoms with van der Waals surface area (Å²) in [6, 6.07) is 3.77. The van der Waals surface area contributed by atoms with Crippen molar-refractivity contribution in [3.8, 4) is 5.75 Å². The molecule has 1 aromatic rings. The van der Waals surface area contributed by atoms with Crippen molar-refractivity contribution >= 4 is 0 Å². The van der Waals surface area contributed by atoms with Gasteiger partial charge >= 0.3 is 6.18 Å². The van der Waals surface area contributed by atoms with Crippen LogP contribution in [0.2, 0.25) is 0 Å². The molecule has 1 saturated carbocycles. The Morgan fingerprint density at radius 3 is 2.71 bits per heavy atom. The van der Waals surface area contributed by atoms with Crippen LogP contribution in [0.5, 0.6) is 5.75 Å². The summed E-state index contributed by atoms with van der Waals surface area (Å²) < 4.78 is 57.9. The fraction of sp³-hybridized carbons (Fsp3) is 0.600. The Hall–Kier alpha value is -1.30. The molecule has 1 fully saturated rings. The van der Waals surface area contributed by atoms with E-state index in [4.69, 9.17) is 4.74 Å². The lowest BCUT2D eigenvalue weighted by Gasteiger charge is -2.45. The van der Waals surface area contributed by atoms with Gasteiger partial charge in [-0.05, 0) is 37.8 Å². The average molecular weight is 304 g/mol. The molecule has 1 aromatic carbocycles. The molecule has 3 unspecified atom stereocenters. The van der Waals surface area contributed by atoms with Crippen LogP contribution in [-0.4, -0.2) is 16.9 Å². The number of fused-ring (bicyclic) bond motifs is 1. The van der Waals surface area contributed by atoms with Crippen LogP contribution in [0.1, 0.15) is 43.8 Å². The first-order valence-electron chi connectivity index (χ1n) is 7.02. The molecule has 0 amide bonds. The summed E-state index contributed by atoms with van der Waals surface area (Å²) in [6.07, 6.45) is -4.30. The predicted molar refractivity (Wildman–Crippen MR) is 67.3 cm³/mol. The highest BCUT2D eigenvalue weighted by atomic mass is 19.4. The van der Waals surface area contributed by atoms with Gasteiger partial charge < -0.3 is 9.84 Å². The zero-order chi connectivity index (χ0) is 15.3. The monoisotopic (exact) mass is 304 g/mol. The van der Waals surface area contributed by atoms with Crippen molar-refractivity contribution in [1.29, 1.82) is 0 Å². The van der Waals surface area contributed by atoms with Gasteiger partial charge in [-0.15, -0.1) is 0 Å². The molecular formula is C15H16F4O2. The third kappa shape index (κ3) is 2.73. The van der Waals surface area contributed by atoms with Gasteiger partial charge in [0.05, 0.1) is 12.0 Å². The Bertz CT molecular complexity index is 543. The van der Waals surface area contributed by atoms with E-state index < -0.39 is 29.6 Å². The molecule has 2 nitrogen and oxygen atoms in total. The van der Waals surface area contributed by atoms with Crippen molar-refractivity contribution in [2.24, 2.45) is 5.92 Å². The number of aliphatic hydroxyl groups is 1. The van der Waals surface area contributed by atoms with Crippen molar-refractivity contribution in [3.63, 3.8) is 0 Å². The van der Waals surface area contributed by atoms with E-state index >= 15 is 0 Å². The highest BCUT2D eigenvalue weighted by molar-refractivity contribution is 5.38. The molecule has 0 saturated heterocycles. The number of hydrogen-bond acceptors (Lipinski definition) is 2. The van der Waals surface area contributed by atoms with Gasteiger partial charge in [0.25, 0.3) is 0 Å². The zero-order valence-electron chi connectivity index (χ0n) is 11.3. The lowest BCUT2D eigenvalue weighted by Crippen LogP contribution is -2.47. The smallest absolute Gasteiger partial charge is 0.391 e. The van der Waals surface area contributed by atoms with Crippen LogP contribution in [0.3, 0.4) is 0 Å². The summed E-state index contributed by atoms with van der Waals surface area (Å²) in [5.41, 5.74) is -0.602. The minimum atomic E-state index is -4.26. The number of aliphatic hydroxyl groups excluding tert-OH is 1. The van der Waals surface area contributed by atoms with Crippen LogP contribution in [-0.2, 0) is 0 Å². The second kappa shape index (κ2) is 4.87. The molecule has 116 valence electrons. The minimum absolute atomic E-state index is 0.0840. The van der Waals surface area contributed by atoms with Crippen LogP contribution >= 0.6 is 0 Å². The van der Waals surface area contributed by atoms with Crippen LogP contribution in [0.4, 0.5) is 17.6 Å². The van der Waals surface area contributed by atoms with Crippen LogP contribution < -0.4 is 4.74 Å². The summed E-state index contributed by atoms with van der Waals surface area (Å²) in [5.74, 6) is -1.79. The van der Waals surface area contributed by atoms with Gasteiger partial charge in [-0.2, -0.15) is 13.2 Å². The van der Waals surface area contributed by atoms with Gasteiger partial charge in [0.15, 0.2) is 0 Å². The van der Waals surface area contributed by atoms with Crippen LogP contribution in [0.25, 0.3) is 0 Å². The molecule has 3 atom stereocenters. The molecule has 1 aliphatic heterocycles. The van der Waals surface area contributed by atoms with Crippen molar-refractivity contribution < 1.29 is 27.4 Å². The standard InChI is InChI=1S/C15H16F4O2/c16-10-3-4-11-12(20)8-14(21-13(11)6-10)5-1-2-9(7-14)15(17,18)19/h3-4,6,9,12,20H,1-2,5,7-8H2. The van der Waals surface area contributed by atoms with Gasteiger partial charge in [-0.1, -0.05) is 0 Å². The summed E-state index contributed by atoms with van der Waals surface area (Å²) in [5, 5.41) is 10.2. The number of rotatable bonds is 0. The normalized spacial score (nSPS) is 32.6. The van der Waals surface area contributed by atoms with E-state index in [2.05, 4.69) is 0 Å². The van der Waals surface area contributed by atoms with Crippen molar-refractivity contribution in [2.45, 2.75) is 50.0 Å². The largest absolute Gasteiger partial charge is 0.487 e. The van der Waals surface area contributed by atoms with Gasteiger partial charge in [0.2, 0.25) is 0 Å². The predicted octanol–water partition coefficient (Wildman–Crippen LogP) is 4.13. The van der Waals surface area contributed by atoms with Crippen molar-refractivity contribution in [1.82, 2.24) is 0 Å². The number of alkyl halides is 3. The molecule has 1 N–H and O–H groups in total. The molecule has 1 aliphatic carbocycles. The maximum atomic E-state index is 13.3. The van der Waals surface area contributed by atoms with Gasteiger partial charge in [0, 0.05) is 18.1 Å². The van der Waals surface area contributed by atoms with E-state index in [1.54, 1.807) is 0 Å². The number of hydrogen-bond donors (Lipinski definition) is 1. The summed E-state index contributed by atoms with van der Waals surface area (Å²) in [4.78, 5) is 0. The fourth-order valence-electron chi connectivity index (χ4n) is 3.49. The molecule has 1 spiro atoms. The van der Waals surface area contributed by atoms with E-state index in [1.165, 1.54) is 12.1 Å². The van der Waals surface area contributed by atoms with E-state index in [9.17, 15) is 22.7 Å². The van der Waals surface area contributed by atoms with E-state index in [1.807, 2.05) is 0 Å². The second-order valence-electron chi connectivity index (χ2n) is 6.02. The van der Waals surface area contributed by atoms with Crippen molar-refractivity contribution in [2.75, 3.05) is 0 Å². The lowest BCUT2D eigenvalue weighted by molar-refractivity contribution is -0.201. The maximum absolute atomic E-state index is 13.3. The lowest BCUT2D eigenvalue weighted by atomic mass is 9.73. The molecule has 3 rings (SSSR count). The Balaban J connectivity index is 1.90. The van der Waals surface area contributed by atoms with E-state index in [-0.39, 0.29) is 25.0 Å². The fourth-order valence-corrected chi connectivity index (χ4v) is 3.49. The molecule has 0 radical (unpaired) electrons. The van der Waals surface area contributed by atoms with Crippen LogP contribution in [0.15, 0.2) is 18.2 Å². The summed E-state index contributed by atoms with van der Waals surface area (Å²) >= 11 is 0. The Morgan fingerprint density at radius 2 is 2.00 bits per heavy atom. The number of halogens is 4. The van der Waals surface area contributed by atoms with Gasteiger partial charge in [0.1, 0.15) is 17.2 Å². The summed E-state index contributed by atoms with van der Waals surface area (Å²) in [7, 11) is 0. The highest BCUT2D eigenvalue weighted by Crippen LogP contribution is 2.50. The van der Waals surface area contributed by atoms with E-state index in [0.717, 1.165) is 6.07 Å². The van der Waals surface area contributed by atoms with E-state index in [0.29, 0.717) is 18.4 Å². The first-order chi connectivity index (χ1) is 9.79. The molecule has 21 heavy (non-hydrogen) atoms. The average Bonchev–Trinajstić information content (AvgIpc) is 2.36. The molecule has 2 aliphatic rings. The Kier molecular flexibility index (Phi) is 3.39. The third-order valence-electron chi connectivity index (χ3n) is 4.49.